The third-order valence-corrected chi connectivity index (χ3v) is 3.84. The zero-order valence-corrected chi connectivity index (χ0v) is 13.7. The molecule has 23 heavy (non-hydrogen) atoms. The second-order valence-corrected chi connectivity index (χ2v) is 5.56. The lowest BCUT2D eigenvalue weighted by Crippen LogP contribution is -2.41. The van der Waals surface area contributed by atoms with Gasteiger partial charge in [0.2, 0.25) is 0 Å². The lowest BCUT2D eigenvalue weighted by Gasteiger charge is -2.21. The zero-order valence-electron chi connectivity index (χ0n) is 13.7. The number of hydrogen-bond acceptors (Lipinski definition) is 4. The van der Waals surface area contributed by atoms with Crippen LogP contribution in [-0.4, -0.2) is 36.7 Å². The summed E-state index contributed by atoms with van der Waals surface area (Å²) in [7, 11) is 1.34. The maximum absolute atomic E-state index is 12.3. The predicted octanol–water partition coefficient (Wildman–Crippen LogP) is 3.30. The summed E-state index contributed by atoms with van der Waals surface area (Å²) in [5.41, 5.74) is 2.00. The van der Waals surface area contributed by atoms with E-state index in [1.54, 1.807) is 0 Å². The fourth-order valence-electron chi connectivity index (χ4n) is 2.59. The monoisotopic (exact) mass is 317 g/mol. The SMILES string of the molecule is CCC/C=C1\C[C@@H](C(=O)OC)N(C(=O)OCc2ccccc2)C1. The molecule has 0 radical (unpaired) electrons. The Morgan fingerprint density at radius 1 is 1.30 bits per heavy atom. The molecule has 1 aromatic rings. The number of rotatable bonds is 5. The van der Waals surface area contributed by atoms with Crippen LogP contribution < -0.4 is 0 Å². The standard InChI is InChI=1S/C18H23NO4/c1-3-4-8-15-11-16(17(20)22-2)19(12-15)18(21)23-13-14-9-6-5-7-10-14/h5-10,16H,3-4,11-13H2,1-2H3/b15-8+/t16-/m0/s1. The second-order valence-electron chi connectivity index (χ2n) is 5.56. The number of ether oxygens (including phenoxy) is 2. The van der Waals surface area contributed by atoms with E-state index < -0.39 is 18.1 Å². The zero-order chi connectivity index (χ0) is 16.7. The fraction of sp³-hybridized carbons (Fsp3) is 0.444. The first-order chi connectivity index (χ1) is 11.2. The first kappa shape index (κ1) is 17.1. The maximum Gasteiger partial charge on any atom is 0.411 e. The van der Waals surface area contributed by atoms with Gasteiger partial charge in [-0.1, -0.05) is 55.3 Å². The average molecular weight is 317 g/mol. The molecule has 124 valence electrons. The number of carbonyl (C=O) groups is 2. The van der Waals surface area contributed by atoms with Gasteiger partial charge in [0.05, 0.1) is 7.11 Å². The third kappa shape index (κ3) is 4.58. The molecule has 1 aliphatic rings. The summed E-state index contributed by atoms with van der Waals surface area (Å²) in [5.74, 6) is -0.401. The smallest absolute Gasteiger partial charge is 0.411 e. The second kappa shape index (κ2) is 8.36. The van der Waals surface area contributed by atoms with E-state index in [1.807, 2.05) is 30.3 Å². The van der Waals surface area contributed by atoms with Gasteiger partial charge in [0.25, 0.3) is 0 Å². The molecule has 0 bridgehead atoms. The van der Waals surface area contributed by atoms with Crippen LogP contribution in [0.5, 0.6) is 0 Å². The largest absolute Gasteiger partial charge is 0.467 e. The van der Waals surface area contributed by atoms with Crippen molar-refractivity contribution in [2.75, 3.05) is 13.7 Å². The van der Waals surface area contributed by atoms with Crippen molar-refractivity contribution in [3.8, 4) is 0 Å². The van der Waals surface area contributed by atoms with Crippen LogP contribution in [0.4, 0.5) is 4.79 Å². The third-order valence-electron chi connectivity index (χ3n) is 3.84. The van der Waals surface area contributed by atoms with Gasteiger partial charge in [-0.05, 0) is 12.0 Å². The molecule has 1 atom stereocenters. The van der Waals surface area contributed by atoms with Crippen molar-refractivity contribution < 1.29 is 19.1 Å². The van der Waals surface area contributed by atoms with E-state index in [4.69, 9.17) is 9.47 Å². The van der Waals surface area contributed by atoms with Crippen LogP contribution in [-0.2, 0) is 20.9 Å². The van der Waals surface area contributed by atoms with E-state index >= 15 is 0 Å². The van der Waals surface area contributed by atoms with Gasteiger partial charge in [-0.2, -0.15) is 0 Å². The minimum Gasteiger partial charge on any atom is -0.467 e. The van der Waals surface area contributed by atoms with Crippen molar-refractivity contribution in [1.82, 2.24) is 4.90 Å². The molecule has 0 unspecified atom stereocenters. The Labute approximate surface area is 136 Å². The summed E-state index contributed by atoms with van der Waals surface area (Å²) in [6.07, 6.45) is 4.11. The van der Waals surface area contributed by atoms with E-state index in [0.717, 1.165) is 24.0 Å². The summed E-state index contributed by atoms with van der Waals surface area (Å²) in [6, 6.07) is 8.88. The van der Waals surface area contributed by atoms with Gasteiger partial charge >= 0.3 is 12.1 Å². The van der Waals surface area contributed by atoms with Crippen molar-refractivity contribution in [2.45, 2.75) is 38.8 Å². The maximum atomic E-state index is 12.3. The van der Waals surface area contributed by atoms with Crippen LogP contribution in [0.1, 0.15) is 31.7 Å². The van der Waals surface area contributed by atoms with E-state index in [0.29, 0.717) is 13.0 Å². The molecule has 0 aliphatic carbocycles. The number of amides is 1. The number of likely N-dealkylation sites (tertiary alicyclic amines) is 1. The minimum atomic E-state index is -0.591. The number of carbonyl (C=O) groups excluding carboxylic acids is 2. The van der Waals surface area contributed by atoms with Crippen LogP contribution in [0.3, 0.4) is 0 Å². The molecule has 5 heteroatoms. The summed E-state index contributed by atoms with van der Waals surface area (Å²) >= 11 is 0. The van der Waals surface area contributed by atoms with E-state index in [2.05, 4.69) is 13.0 Å². The van der Waals surface area contributed by atoms with Gasteiger partial charge < -0.3 is 9.47 Å². The van der Waals surface area contributed by atoms with Gasteiger partial charge in [0, 0.05) is 13.0 Å². The summed E-state index contributed by atoms with van der Waals surface area (Å²) < 4.78 is 10.2. The Hall–Kier alpha value is -2.30. The van der Waals surface area contributed by atoms with Crippen molar-refractivity contribution in [3.63, 3.8) is 0 Å². The van der Waals surface area contributed by atoms with Gasteiger partial charge in [0.1, 0.15) is 12.6 Å². The van der Waals surface area contributed by atoms with Crippen molar-refractivity contribution in [1.29, 1.82) is 0 Å². The molecular weight excluding hydrogens is 294 g/mol. The number of esters is 1. The number of hydrogen-bond donors (Lipinski definition) is 0. The van der Waals surface area contributed by atoms with Crippen molar-refractivity contribution in [3.05, 3.63) is 47.5 Å². The van der Waals surface area contributed by atoms with Crippen LogP contribution in [0.15, 0.2) is 42.0 Å². The van der Waals surface area contributed by atoms with Crippen molar-refractivity contribution in [2.24, 2.45) is 0 Å². The molecule has 1 fully saturated rings. The van der Waals surface area contributed by atoms with E-state index in [1.165, 1.54) is 12.0 Å². The first-order valence-electron chi connectivity index (χ1n) is 7.88. The normalized spacial score (nSPS) is 19.0. The topological polar surface area (TPSA) is 55.8 Å². The summed E-state index contributed by atoms with van der Waals surface area (Å²) in [4.78, 5) is 25.7. The Morgan fingerprint density at radius 3 is 2.70 bits per heavy atom. The highest BCUT2D eigenvalue weighted by Gasteiger charge is 2.38. The molecule has 0 saturated carbocycles. The lowest BCUT2D eigenvalue weighted by atomic mass is 10.1. The van der Waals surface area contributed by atoms with Crippen molar-refractivity contribution >= 4 is 12.1 Å². The van der Waals surface area contributed by atoms with Gasteiger partial charge in [-0.15, -0.1) is 0 Å². The van der Waals surface area contributed by atoms with Crippen LogP contribution in [0.2, 0.25) is 0 Å². The average Bonchev–Trinajstić information content (AvgIpc) is 3.02. The molecule has 2 rings (SSSR count). The molecule has 1 heterocycles. The quantitative estimate of drug-likeness (QED) is 0.617. The molecule has 1 amide bonds. The number of methoxy groups -OCH3 is 1. The summed E-state index contributed by atoms with van der Waals surface area (Å²) in [5, 5.41) is 0. The minimum absolute atomic E-state index is 0.193. The molecule has 1 aromatic carbocycles. The molecule has 1 saturated heterocycles. The van der Waals surface area contributed by atoms with Gasteiger partial charge in [-0.3, -0.25) is 4.90 Å². The number of unbranched alkanes of at least 4 members (excludes halogenated alkanes) is 1. The Balaban J connectivity index is 2.01. The predicted molar refractivity (Wildman–Crippen MR) is 86.7 cm³/mol. The molecular formula is C18H23NO4. The van der Waals surface area contributed by atoms with Crippen LogP contribution in [0.25, 0.3) is 0 Å². The highest BCUT2D eigenvalue weighted by molar-refractivity contribution is 5.83. The van der Waals surface area contributed by atoms with E-state index in [9.17, 15) is 9.59 Å². The molecule has 5 nitrogen and oxygen atoms in total. The molecule has 0 spiro atoms. The fourth-order valence-corrected chi connectivity index (χ4v) is 2.59. The number of benzene rings is 1. The Bertz CT molecular complexity index is 568. The van der Waals surface area contributed by atoms with Gasteiger partial charge in [-0.25, -0.2) is 9.59 Å². The molecule has 1 aliphatic heterocycles. The number of allylic oxidation sites excluding steroid dienone is 1. The molecule has 0 aromatic heterocycles. The molecule has 0 N–H and O–H groups in total. The number of nitrogens with zero attached hydrogens (tertiary/aromatic N) is 1. The summed E-state index contributed by atoms with van der Waals surface area (Å²) in [6.45, 7) is 2.71. The highest BCUT2D eigenvalue weighted by Crippen LogP contribution is 2.25. The van der Waals surface area contributed by atoms with Crippen LogP contribution >= 0.6 is 0 Å². The highest BCUT2D eigenvalue weighted by atomic mass is 16.6. The Morgan fingerprint density at radius 2 is 2.04 bits per heavy atom. The lowest BCUT2D eigenvalue weighted by molar-refractivity contribution is -0.145. The Kier molecular flexibility index (Phi) is 6.20. The first-order valence-corrected chi connectivity index (χ1v) is 7.88. The van der Waals surface area contributed by atoms with Gasteiger partial charge in [0.15, 0.2) is 0 Å². The van der Waals surface area contributed by atoms with Crippen LogP contribution in [0, 0.1) is 0 Å². The van der Waals surface area contributed by atoms with E-state index in [-0.39, 0.29) is 6.61 Å².